The van der Waals surface area contributed by atoms with Crippen LogP contribution in [0.2, 0.25) is 0 Å². The fraction of sp³-hybridized carbons (Fsp3) is 0.250. The number of aliphatic hydroxyl groups is 1. The Morgan fingerprint density at radius 3 is 3.06 bits per heavy atom. The highest BCUT2D eigenvalue weighted by molar-refractivity contribution is 7.07. The van der Waals surface area contributed by atoms with Crippen molar-refractivity contribution in [1.29, 1.82) is 0 Å². The zero-order chi connectivity index (χ0) is 11.4. The van der Waals surface area contributed by atoms with Gasteiger partial charge in [-0.05, 0) is 40.9 Å². The number of nitrogens with zero attached hydrogens (tertiary/aromatic N) is 1. The maximum atomic E-state index is 9.88. The molecule has 0 fully saturated rings. The number of aryl methyl sites for hydroxylation is 1. The van der Waals surface area contributed by atoms with Gasteiger partial charge in [-0.15, -0.1) is 0 Å². The first-order valence-corrected chi connectivity index (χ1v) is 6.07. The number of anilines is 1. The smallest absolute Gasteiger partial charge is 0.128 e. The number of aliphatic hydroxyl groups excluding tert-OH is 1. The molecule has 0 saturated carbocycles. The van der Waals surface area contributed by atoms with Gasteiger partial charge in [0.2, 0.25) is 0 Å². The summed E-state index contributed by atoms with van der Waals surface area (Å²) in [6, 6.07) is 5.82. The SMILES string of the molecule is Cc1cccnc1NCC(O)c1ccsc1. The molecule has 1 unspecified atom stereocenters. The van der Waals surface area contributed by atoms with Crippen LogP contribution in [0, 0.1) is 6.92 Å². The molecule has 0 aliphatic rings. The second kappa shape index (κ2) is 5.09. The molecule has 84 valence electrons. The monoisotopic (exact) mass is 234 g/mol. The summed E-state index contributed by atoms with van der Waals surface area (Å²) in [6.07, 6.45) is 1.26. The van der Waals surface area contributed by atoms with E-state index in [1.165, 1.54) is 0 Å². The second-order valence-corrected chi connectivity index (χ2v) is 4.40. The minimum Gasteiger partial charge on any atom is -0.387 e. The third kappa shape index (κ3) is 2.59. The fourth-order valence-electron chi connectivity index (χ4n) is 1.45. The summed E-state index contributed by atoms with van der Waals surface area (Å²) in [7, 11) is 0. The van der Waals surface area contributed by atoms with Crippen LogP contribution in [0.15, 0.2) is 35.2 Å². The highest BCUT2D eigenvalue weighted by Crippen LogP contribution is 2.17. The largest absolute Gasteiger partial charge is 0.387 e. The fourth-order valence-corrected chi connectivity index (χ4v) is 2.15. The summed E-state index contributed by atoms with van der Waals surface area (Å²) < 4.78 is 0. The van der Waals surface area contributed by atoms with Gasteiger partial charge in [0, 0.05) is 12.7 Å². The van der Waals surface area contributed by atoms with Crippen LogP contribution in [-0.4, -0.2) is 16.6 Å². The lowest BCUT2D eigenvalue weighted by molar-refractivity contribution is 0.192. The molecule has 3 nitrogen and oxygen atoms in total. The molecule has 1 atom stereocenters. The van der Waals surface area contributed by atoms with Crippen molar-refractivity contribution >= 4 is 17.2 Å². The first-order valence-electron chi connectivity index (χ1n) is 5.13. The van der Waals surface area contributed by atoms with Gasteiger partial charge in [0.1, 0.15) is 5.82 Å². The summed E-state index contributed by atoms with van der Waals surface area (Å²) in [4.78, 5) is 4.21. The van der Waals surface area contributed by atoms with E-state index in [0.717, 1.165) is 16.9 Å². The summed E-state index contributed by atoms with van der Waals surface area (Å²) in [5, 5.41) is 16.9. The van der Waals surface area contributed by atoms with Crippen molar-refractivity contribution in [2.75, 3.05) is 11.9 Å². The third-order valence-corrected chi connectivity index (χ3v) is 3.10. The lowest BCUT2D eigenvalue weighted by Gasteiger charge is -2.12. The van der Waals surface area contributed by atoms with Crippen LogP contribution in [0.5, 0.6) is 0 Å². The standard InChI is InChI=1S/C12H14N2OS/c1-9-3-2-5-13-12(9)14-7-11(15)10-4-6-16-8-10/h2-6,8,11,15H,7H2,1H3,(H,13,14). The summed E-state index contributed by atoms with van der Waals surface area (Å²) in [6.45, 7) is 2.47. The molecule has 0 radical (unpaired) electrons. The Kier molecular flexibility index (Phi) is 3.54. The van der Waals surface area contributed by atoms with Gasteiger partial charge >= 0.3 is 0 Å². The number of aromatic nitrogens is 1. The van der Waals surface area contributed by atoms with E-state index in [0.29, 0.717) is 6.54 Å². The maximum Gasteiger partial charge on any atom is 0.128 e. The average molecular weight is 234 g/mol. The van der Waals surface area contributed by atoms with Crippen molar-refractivity contribution in [1.82, 2.24) is 4.98 Å². The van der Waals surface area contributed by atoms with Crippen molar-refractivity contribution in [2.45, 2.75) is 13.0 Å². The van der Waals surface area contributed by atoms with Gasteiger partial charge in [0.25, 0.3) is 0 Å². The van der Waals surface area contributed by atoms with Gasteiger partial charge in [-0.2, -0.15) is 11.3 Å². The summed E-state index contributed by atoms with van der Waals surface area (Å²) in [5.74, 6) is 0.830. The van der Waals surface area contributed by atoms with Crippen molar-refractivity contribution < 1.29 is 5.11 Å². The molecule has 0 saturated heterocycles. The number of nitrogens with one attached hydrogen (secondary N) is 1. The lowest BCUT2D eigenvalue weighted by atomic mass is 10.2. The van der Waals surface area contributed by atoms with Crippen molar-refractivity contribution in [3.63, 3.8) is 0 Å². The molecule has 4 heteroatoms. The molecular formula is C12H14N2OS. The molecule has 0 aromatic carbocycles. The van der Waals surface area contributed by atoms with Crippen molar-refractivity contribution in [3.8, 4) is 0 Å². The zero-order valence-electron chi connectivity index (χ0n) is 9.05. The normalized spacial score (nSPS) is 12.4. The molecule has 0 spiro atoms. The van der Waals surface area contributed by atoms with E-state index in [1.54, 1.807) is 17.5 Å². The Bertz CT molecular complexity index is 442. The number of hydrogen-bond acceptors (Lipinski definition) is 4. The molecule has 0 amide bonds. The minimum absolute atomic E-state index is 0.479. The van der Waals surface area contributed by atoms with Crippen LogP contribution in [0.25, 0.3) is 0 Å². The average Bonchev–Trinajstić information content (AvgIpc) is 2.81. The van der Waals surface area contributed by atoms with E-state index in [1.807, 2.05) is 35.9 Å². The molecule has 2 rings (SSSR count). The summed E-state index contributed by atoms with van der Waals surface area (Å²) >= 11 is 1.59. The van der Waals surface area contributed by atoms with Crippen LogP contribution < -0.4 is 5.32 Å². The van der Waals surface area contributed by atoms with E-state index in [9.17, 15) is 5.11 Å². The van der Waals surface area contributed by atoms with E-state index < -0.39 is 6.10 Å². The second-order valence-electron chi connectivity index (χ2n) is 3.62. The molecule has 2 heterocycles. The Morgan fingerprint density at radius 1 is 1.50 bits per heavy atom. The molecule has 0 aliphatic heterocycles. The van der Waals surface area contributed by atoms with Crippen LogP contribution in [0.3, 0.4) is 0 Å². The highest BCUT2D eigenvalue weighted by Gasteiger charge is 2.08. The number of pyridine rings is 1. The predicted octanol–water partition coefficient (Wildman–Crippen LogP) is 2.60. The van der Waals surface area contributed by atoms with Gasteiger partial charge in [-0.25, -0.2) is 4.98 Å². The molecule has 0 aliphatic carbocycles. The van der Waals surface area contributed by atoms with Gasteiger partial charge in [0.15, 0.2) is 0 Å². The van der Waals surface area contributed by atoms with Crippen LogP contribution in [0.1, 0.15) is 17.2 Å². The lowest BCUT2D eigenvalue weighted by Crippen LogP contribution is -2.13. The Hall–Kier alpha value is -1.39. The molecule has 2 aromatic heterocycles. The summed E-state index contributed by atoms with van der Waals surface area (Å²) in [5.41, 5.74) is 2.03. The molecule has 16 heavy (non-hydrogen) atoms. The molecule has 0 bridgehead atoms. The van der Waals surface area contributed by atoms with E-state index in [-0.39, 0.29) is 0 Å². The number of hydrogen-bond donors (Lipinski definition) is 2. The first kappa shape index (κ1) is 11.1. The first-order chi connectivity index (χ1) is 7.77. The van der Waals surface area contributed by atoms with E-state index in [4.69, 9.17) is 0 Å². The molecule has 2 N–H and O–H groups in total. The Labute approximate surface area is 98.8 Å². The van der Waals surface area contributed by atoms with E-state index in [2.05, 4.69) is 10.3 Å². The van der Waals surface area contributed by atoms with E-state index >= 15 is 0 Å². The topological polar surface area (TPSA) is 45.2 Å². The number of rotatable bonds is 4. The van der Waals surface area contributed by atoms with Crippen molar-refractivity contribution in [2.24, 2.45) is 0 Å². The zero-order valence-corrected chi connectivity index (χ0v) is 9.87. The Balaban J connectivity index is 1.95. The predicted molar refractivity (Wildman–Crippen MR) is 66.7 cm³/mol. The van der Waals surface area contributed by atoms with Crippen LogP contribution in [0.4, 0.5) is 5.82 Å². The van der Waals surface area contributed by atoms with Gasteiger partial charge in [0.05, 0.1) is 6.10 Å². The molecule has 2 aromatic rings. The van der Waals surface area contributed by atoms with Gasteiger partial charge < -0.3 is 10.4 Å². The van der Waals surface area contributed by atoms with Crippen LogP contribution in [-0.2, 0) is 0 Å². The maximum absolute atomic E-state index is 9.88. The van der Waals surface area contributed by atoms with Gasteiger partial charge in [-0.1, -0.05) is 6.07 Å². The van der Waals surface area contributed by atoms with Gasteiger partial charge in [-0.3, -0.25) is 0 Å². The Morgan fingerprint density at radius 2 is 2.38 bits per heavy atom. The van der Waals surface area contributed by atoms with Crippen molar-refractivity contribution in [3.05, 3.63) is 46.3 Å². The quantitative estimate of drug-likeness (QED) is 0.854. The van der Waals surface area contributed by atoms with Crippen LogP contribution >= 0.6 is 11.3 Å². The minimum atomic E-state index is -0.479. The number of thiophene rings is 1. The molecular weight excluding hydrogens is 220 g/mol. The highest BCUT2D eigenvalue weighted by atomic mass is 32.1. The third-order valence-electron chi connectivity index (χ3n) is 2.40.